The van der Waals surface area contributed by atoms with Crippen molar-refractivity contribution in [3.8, 4) is 34.6 Å². The number of sulfonamides is 1. The van der Waals surface area contributed by atoms with Crippen LogP contribution in [0.2, 0.25) is 0 Å². The molecule has 24 nitrogen and oxygen atoms in total. The maximum atomic E-state index is 13.7. The van der Waals surface area contributed by atoms with Gasteiger partial charge in [-0.05, 0) is 131 Å². The molecule has 3 saturated heterocycles. The van der Waals surface area contributed by atoms with Crippen molar-refractivity contribution in [3.05, 3.63) is 158 Å². The summed E-state index contributed by atoms with van der Waals surface area (Å²) in [6.07, 6.45) is 9.00. The zero-order valence-electron chi connectivity index (χ0n) is 65.0. The lowest BCUT2D eigenvalue weighted by Gasteiger charge is -2.19. The number of nitrogens with zero attached hydrogens (tertiary/aromatic N) is 14. The van der Waals surface area contributed by atoms with E-state index in [0.717, 1.165) is 126 Å². The molecule has 588 valence electrons. The Hall–Kier alpha value is -8.86. The number of nitrogens with one attached hydrogen (secondary N) is 1. The number of Topliss-reactive ketones (excluding diaryl/α,β-unsaturated/α-hetero) is 3. The SMILES string of the molecule is CC(=O)N1C[C@H](C(=O)Cc2ccc(C)cc2C)[C@@H](c2nnc(-c3cc(CC(C)C)on3)n2C2CC2)C1.Cc1ccc(CC(=O)[C@H]2CN(S(=O)(=O)C(F)(F)F)C[C@@H]2c2nnc(-c3cc(CC(C)C)on3)n2C2CC2)c(C)c1.Cc1ccc(CC(=O)[C@H]2CNC[C@@H]2c2nnc(-c3cc(CC(C)C)on3)n2C2CC2)c(C)c1.Cl. The van der Waals surface area contributed by atoms with Gasteiger partial charge >= 0.3 is 15.5 Å². The maximum absolute atomic E-state index is 13.7. The molecule has 6 atom stereocenters. The van der Waals surface area contributed by atoms with Gasteiger partial charge in [-0.15, -0.1) is 43.0 Å². The highest BCUT2D eigenvalue weighted by Crippen LogP contribution is 2.48. The third-order valence-corrected chi connectivity index (χ3v) is 23.4. The van der Waals surface area contributed by atoms with Crippen molar-refractivity contribution < 1.29 is 54.3 Å². The Morgan fingerprint density at radius 3 is 1.15 bits per heavy atom. The zero-order chi connectivity index (χ0) is 77.7. The molecule has 6 aliphatic rings. The van der Waals surface area contributed by atoms with Crippen molar-refractivity contribution in [2.75, 3.05) is 39.3 Å². The van der Waals surface area contributed by atoms with Crippen molar-refractivity contribution in [3.63, 3.8) is 0 Å². The second-order valence-electron chi connectivity index (χ2n) is 32.5. The normalized spacial score (nSPS) is 20.2. The van der Waals surface area contributed by atoms with Gasteiger partial charge in [0.2, 0.25) is 5.91 Å². The molecule has 1 amide bonds. The van der Waals surface area contributed by atoms with E-state index in [1.165, 1.54) is 16.7 Å². The Labute approximate surface area is 646 Å². The molecular weight excluding hydrogens is 1450 g/mol. The van der Waals surface area contributed by atoms with Gasteiger partial charge < -0.3 is 37.5 Å². The van der Waals surface area contributed by atoms with Gasteiger partial charge in [0.1, 0.15) is 52.1 Å². The van der Waals surface area contributed by atoms with Crippen LogP contribution >= 0.6 is 12.4 Å². The minimum atomic E-state index is -5.64. The summed E-state index contributed by atoms with van der Waals surface area (Å²) in [6.45, 7) is 27.5. The number of carbonyl (C=O) groups is 4. The third-order valence-electron chi connectivity index (χ3n) is 21.8. The molecule has 0 bridgehead atoms. The van der Waals surface area contributed by atoms with Crippen LogP contribution in [0.15, 0.2) is 86.4 Å². The Morgan fingerprint density at radius 1 is 0.473 bits per heavy atom. The number of halogens is 4. The fourth-order valence-electron chi connectivity index (χ4n) is 15.7. The minimum Gasteiger partial charge on any atom is -0.361 e. The van der Waals surface area contributed by atoms with E-state index in [1.807, 2.05) is 81.7 Å². The molecule has 3 aliphatic heterocycles. The first-order chi connectivity index (χ1) is 51.9. The van der Waals surface area contributed by atoms with Gasteiger partial charge in [0.25, 0.3) is 0 Å². The zero-order valence-corrected chi connectivity index (χ0v) is 66.6. The number of benzene rings is 3. The lowest BCUT2D eigenvalue weighted by atomic mass is 9.87. The van der Waals surface area contributed by atoms with Crippen molar-refractivity contribution >= 4 is 45.7 Å². The molecule has 6 aromatic heterocycles. The van der Waals surface area contributed by atoms with Gasteiger partial charge in [0.15, 0.2) is 34.6 Å². The van der Waals surface area contributed by atoms with Crippen LogP contribution in [0.25, 0.3) is 34.6 Å². The predicted molar refractivity (Wildman–Crippen MR) is 408 cm³/mol. The number of hydrogen-bond donors (Lipinski definition) is 1. The lowest BCUT2D eigenvalue weighted by Crippen LogP contribution is -2.39. The second-order valence-corrected chi connectivity index (χ2v) is 34.4. The van der Waals surface area contributed by atoms with Gasteiger partial charge in [-0.3, -0.25) is 19.2 Å². The molecule has 9 aromatic rings. The van der Waals surface area contributed by atoms with Crippen LogP contribution in [-0.4, -0.2) is 145 Å². The first-order valence-electron chi connectivity index (χ1n) is 38.4. The van der Waals surface area contributed by atoms with E-state index in [2.05, 4.69) is 133 Å². The Morgan fingerprint density at radius 2 is 0.818 bits per heavy atom. The summed E-state index contributed by atoms with van der Waals surface area (Å²) in [5, 5.41) is 43.1. The summed E-state index contributed by atoms with van der Waals surface area (Å²) in [5.74, 6) is 5.01. The Kier molecular flexibility index (Phi) is 24.4. The van der Waals surface area contributed by atoms with Crippen LogP contribution in [0, 0.1) is 77.0 Å². The van der Waals surface area contributed by atoms with Gasteiger partial charge in [-0.25, -0.2) is 8.42 Å². The molecule has 6 fully saturated rings. The molecule has 29 heteroatoms. The van der Waals surface area contributed by atoms with Crippen LogP contribution in [0.5, 0.6) is 0 Å². The first-order valence-corrected chi connectivity index (χ1v) is 39.8. The summed E-state index contributed by atoms with van der Waals surface area (Å²) < 4.78 is 88.7. The molecule has 9 heterocycles. The van der Waals surface area contributed by atoms with E-state index in [-0.39, 0.29) is 77.8 Å². The summed E-state index contributed by atoms with van der Waals surface area (Å²) in [6, 6.07) is 24.5. The first kappa shape index (κ1) is 80.7. The van der Waals surface area contributed by atoms with Crippen molar-refractivity contribution in [2.45, 2.75) is 208 Å². The van der Waals surface area contributed by atoms with Crippen LogP contribution in [0.1, 0.15) is 208 Å². The molecule has 15 rings (SSSR count). The van der Waals surface area contributed by atoms with E-state index in [1.54, 1.807) is 17.9 Å². The molecule has 3 aliphatic carbocycles. The number of aryl methyl sites for hydroxylation is 6. The third kappa shape index (κ3) is 18.0. The van der Waals surface area contributed by atoms with Crippen LogP contribution in [-0.2, 0) is 67.7 Å². The summed E-state index contributed by atoms with van der Waals surface area (Å²) in [5.41, 5.74) is 5.87. The van der Waals surface area contributed by atoms with E-state index in [9.17, 15) is 40.8 Å². The number of rotatable bonds is 25. The number of hydrogen-bond acceptors (Lipinski definition) is 19. The standard InChI is InChI=1S/C28H35N5O3.C27H32F3N5O4S.C26H33N5O2.ClH/c1-16(2)10-22-13-25(31-36-22)28-30-29-27(33(28)21-8-9-21)24-15-32(19(5)34)14-23(24)26(35)12-20-7-6-17(3)11-18(20)4;1-15(2)9-20-12-23(33-39-20)26-32-31-25(35(26)19-7-8-19)22-14-34(40(37,38)27(28,29)30)13-21(22)24(36)11-18-6-5-16(3)10-17(18)4;1-15(2)9-20-12-23(30-33-20)26-29-28-25(31(26)19-7-8-19)22-14-27-13-21(22)24(32)11-18-6-5-16(3)10-17(18)4;/h6-7,11,13,16,21,23-24H,8-10,12,14-15H2,1-5H3;5-6,10,12,15,19,21-22H,7-9,11,13-14H2,1-4H3;5-6,10,12,15,19,21-22,27H,7-9,11,13-14H2,1-4H3;1H/t23-,24-;2*21-,22-;/m000./s1. The smallest absolute Gasteiger partial charge is 0.361 e. The predicted octanol–water partition coefficient (Wildman–Crippen LogP) is 13.8. The highest BCUT2D eigenvalue weighted by molar-refractivity contribution is 7.90. The van der Waals surface area contributed by atoms with Gasteiger partial charge in [0, 0.05) is 157 Å². The van der Waals surface area contributed by atoms with Crippen LogP contribution in [0.4, 0.5) is 13.2 Å². The number of likely N-dealkylation sites (tertiary alicyclic amines) is 1. The lowest BCUT2D eigenvalue weighted by molar-refractivity contribution is -0.128. The van der Waals surface area contributed by atoms with Crippen LogP contribution < -0.4 is 5.32 Å². The topological polar surface area (TPSA) is 291 Å². The summed E-state index contributed by atoms with van der Waals surface area (Å²) in [4.78, 5) is 54.8. The molecule has 0 spiro atoms. The summed E-state index contributed by atoms with van der Waals surface area (Å²) in [7, 11) is -5.64. The van der Waals surface area contributed by atoms with E-state index < -0.39 is 40.5 Å². The number of amides is 1. The van der Waals surface area contributed by atoms with Crippen molar-refractivity contribution in [1.29, 1.82) is 0 Å². The van der Waals surface area contributed by atoms with Crippen LogP contribution in [0.3, 0.4) is 0 Å². The molecule has 0 radical (unpaired) electrons. The molecule has 110 heavy (non-hydrogen) atoms. The second kappa shape index (κ2) is 33.2. The van der Waals surface area contributed by atoms with Gasteiger partial charge in [-0.1, -0.05) is 128 Å². The average molecular weight is 1550 g/mol. The maximum Gasteiger partial charge on any atom is 0.511 e. The van der Waals surface area contributed by atoms with Gasteiger partial charge in [-0.2, -0.15) is 17.5 Å². The quantitative estimate of drug-likeness (QED) is 0.0556. The fourth-order valence-corrected chi connectivity index (χ4v) is 16.8. The number of alkyl halides is 3. The molecule has 1 N–H and O–H groups in total. The number of carbonyl (C=O) groups excluding carboxylic acids is 4. The molecule has 0 unspecified atom stereocenters. The van der Waals surface area contributed by atoms with E-state index in [4.69, 9.17) is 13.6 Å². The monoisotopic (exact) mass is 1550 g/mol. The highest BCUT2D eigenvalue weighted by Gasteiger charge is 2.56. The van der Waals surface area contributed by atoms with E-state index in [0.29, 0.717) is 102 Å². The van der Waals surface area contributed by atoms with E-state index >= 15 is 0 Å². The summed E-state index contributed by atoms with van der Waals surface area (Å²) >= 11 is 0. The molecule has 3 aromatic carbocycles. The fraction of sp³-hybridized carbons (Fsp3) is 0.543. The Balaban J connectivity index is 0.000000154. The minimum absolute atomic E-state index is 0. The molecule has 3 saturated carbocycles. The Bertz CT molecular complexity index is 4940. The highest BCUT2D eigenvalue weighted by atomic mass is 35.5. The van der Waals surface area contributed by atoms with Crippen molar-refractivity contribution in [1.82, 2.24) is 74.3 Å². The molecular formula is C81H101ClF3N15O9S. The van der Waals surface area contributed by atoms with Crippen molar-refractivity contribution in [2.24, 2.45) is 35.5 Å². The average Bonchev–Trinajstić information content (AvgIpc) is 1.60. The number of aromatic nitrogens is 12. The largest absolute Gasteiger partial charge is 0.511 e. The number of ketones is 3. The van der Waals surface area contributed by atoms with Gasteiger partial charge in [0.05, 0.1) is 0 Å².